The second kappa shape index (κ2) is 6.95. The molecule has 1 saturated heterocycles. The monoisotopic (exact) mass is 386 g/mol. The molecule has 7 heteroatoms. The minimum Gasteiger partial charge on any atom is -0.497 e. The molecule has 0 atom stereocenters. The van der Waals surface area contributed by atoms with Crippen LogP contribution >= 0.6 is 12.2 Å². The number of methoxy groups -OCH3 is 1. The van der Waals surface area contributed by atoms with Gasteiger partial charge in [0.1, 0.15) is 11.6 Å². The van der Waals surface area contributed by atoms with E-state index < -0.39 is 0 Å². The summed E-state index contributed by atoms with van der Waals surface area (Å²) in [5.74, 6) is 2.84. The summed E-state index contributed by atoms with van der Waals surface area (Å²) in [6.45, 7) is 5.25. The third-order valence-corrected chi connectivity index (χ3v) is 6.44. The molecule has 2 heterocycles. The number of aromatic nitrogens is 3. The summed E-state index contributed by atoms with van der Waals surface area (Å²) < 4.78 is 10.7. The SMILES string of the molecule is COc1ccc(N2CC[NH+](Cn3nc(C4CC4)n(C4CC4)c3=S)CC2)cc1. The Hall–Kier alpha value is -1.86. The summed E-state index contributed by atoms with van der Waals surface area (Å²) in [5, 5.41) is 4.95. The predicted octanol–water partition coefficient (Wildman–Crippen LogP) is 2.00. The maximum absolute atomic E-state index is 5.80. The van der Waals surface area contributed by atoms with Gasteiger partial charge in [-0.05, 0) is 62.2 Å². The predicted molar refractivity (Wildman–Crippen MR) is 107 cm³/mol. The molecular formula is C20H28N5OS+. The highest BCUT2D eigenvalue weighted by Gasteiger charge is 2.36. The van der Waals surface area contributed by atoms with E-state index >= 15 is 0 Å². The topological polar surface area (TPSA) is 39.7 Å². The minimum absolute atomic E-state index is 0.628. The smallest absolute Gasteiger partial charge is 0.203 e. The molecule has 2 aromatic rings. The fourth-order valence-electron chi connectivity index (χ4n) is 4.08. The molecular weight excluding hydrogens is 358 g/mol. The van der Waals surface area contributed by atoms with E-state index in [2.05, 4.69) is 26.3 Å². The number of nitrogens with zero attached hydrogens (tertiary/aromatic N) is 4. The molecule has 1 aromatic carbocycles. The van der Waals surface area contributed by atoms with Gasteiger partial charge < -0.3 is 19.1 Å². The molecule has 2 aliphatic carbocycles. The fraction of sp³-hybridized carbons (Fsp3) is 0.600. The van der Waals surface area contributed by atoms with E-state index in [1.807, 2.05) is 12.1 Å². The first-order chi connectivity index (χ1) is 13.2. The van der Waals surface area contributed by atoms with Crippen LogP contribution in [-0.4, -0.2) is 47.6 Å². The molecule has 0 radical (unpaired) electrons. The molecule has 27 heavy (non-hydrogen) atoms. The molecule has 0 unspecified atom stereocenters. The molecule has 3 fully saturated rings. The number of benzene rings is 1. The lowest BCUT2D eigenvalue weighted by atomic mass is 10.2. The number of quaternary nitrogens is 1. The molecule has 0 bridgehead atoms. The van der Waals surface area contributed by atoms with Crippen LogP contribution in [0.2, 0.25) is 0 Å². The maximum Gasteiger partial charge on any atom is 0.203 e. The standard InChI is InChI=1S/C20H27N5OS/c1-26-18-8-6-16(7-9-18)23-12-10-22(11-13-23)14-24-20(27)25(17-4-5-17)19(21-24)15-2-3-15/h6-9,15,17H,2-5,10-14H2,1H3/p+1. The first-order valence-electron chi connectivity index (χ1n) is 10.1. The van der Waals surface area contributed by atoms with Crippen LogP contribution < -0.4 is 14.5 Å². The van der Waals surface area contributed by atoms with Crippen LogP contribution in [0.25, 0.3) is 0 Å². The summed E-state index contributed by atoms with van der Waals surface area (Å²) in [6.07, 6.45) is 5.11. The number of hydrogen-bond acceptors (Lipinski definition) is 4. The van der Waals surface area contributed by atoms with Gasteiger partial charge in [0.2, 0.25) is 4.77 Å². The molecule has 1 aliphatic heterocycles. The Bertz CT molecular complexity index is 857. The zero-order valence-electron chi connectivity index (χ0n) is 15.9. The summed E-state index contributed by atoms with van der Waals surface area (Å²) in [5.41, 5.74) is 1.28. The van der Waals surface area contributed by atoms with Crippen LogP contribution in [0.1, 0.15) is 43.5 Å². The number of ether oxygens (including phenoxy) is 1. The highest BCUT2D eigenvalue weighted by atomic mass is 32.1. The van der Waals surface area contributed by atoms with Crippen LogP contribution in [0.4, 0.5) is 5.69 Å². The zero-order chi connectivity index (χ0) is 18.4. The van der Waals surface area contributed by atoms with Crippen molar-refractivity contribution in [3.05, 3.63) is 34.9 Å². The lowest BCUT2D eigenvalue weighted by Gasteiger charge is -2.33. The number of rotatable bonds is 6. The van der Waals surface area contributed by atoms with Crippen LogP contribution in [0, 0.1) is 4.77 Å². The van der Waals surface area contributed by atoms with Crippen LogP contribution in [0.15, 0.2) is 24.3 Å². The highest BCUT2D eigenvalue weighted by Crippen LogP contribution is 2.44. The van der Waals surface area contributed by atoms with Crippen LogP contribution in [0.5, 0.6) is 5.75 Å². The molecule has 6 nitrogen and oxygen atoms in total. The van der Waals surface area contributed by atoms with Crippen molar-refractivity contribution in [3.8, 4) is 5.75 Å². The van der Waals surface area contributed by atoms with Gasteiger partial charge >= 0.3 is 0 Å². The van der Waals surface area contributed by atoms with Gasteiger partial charge in [-0.1, -0.05) is 0 Å². The van der Waals surface area contributed by atoms with E-state index in [9.17, 15) is 0 Å². The van der Waals surface area contributed by atoms with E-state index in [4.69, 9.17) is 22.1 Å². The second-order valence-corrected chi connectivity index (χ2v) is 8.47. The molecule has 3 aliphatic rings. The number of piperazine rings is 1. The number of hydrogen-bond donors (Lipinski definition) is 1. The highest BCUT2D eigenvalue weighted by molar-refractivity contribution is 7.71. The number of nitrogens with one attached hydrogen (secondary N) is 1. The van der Waals surface area contributed by atoms with Crippen molar-refractivity contribution in [2.75, 3.05) is 38.2 Å². The minimum atomic E-state index is 0.628. The Morgan fingerprint density at radius 3 is 2.41 bits per heavy atom. The molecule has 1 N–H and O–H groups in total. The van der Waals surface area contributed by atoms with Crippen molar-refractivity contribution in [1.29, 1.82) is 0 Å². The molecule has 5 rings (SSSR count). The van der Waals surface area contributed by atoms with E-state index in [1.54, 1.807) is 12.0 Å². The van der Waals surface area contributed by atoms with E-state index in [-0.39, 0.29) is 0 Å². The van der Waals surface area contributed by atoms with Crippen molar-refractivity contribution >= 4 is 17.9 Å². The van der Waals surface area contributed by atoms with Crippen LogP contribution in [-0.2, 0) is 6.67 Å². The quantitative estimate of drug-likeness (QED) is 0.771. The Morgan fingerprint density at radius 1 is 1.11 bits per heavy atom. The molecule has 1 aromatic heterocycles. The van der Waals surface area contributed by atoms with E-state index in [0.717, 1.165) is 43.4 Å². The zero-order valence-corrected chi connectivity index (χ0v) is 16.7. The molecule has 0 spiro atoms. The lowest BCUT2D eigenvalue weighted by molar-refractivity contribution is -0.924. The first kappa shape index (κ1) is 17.3. The summed E-state index contributed by atoms with van der Waals surface area (Å²) >= 11 is 5.80. The molecule has 144 valence electrons. The van der Waals surface area contributed by atoms with Gasteiger partial charge in [-0.3, -0.25) is 0 Å². The van der Waals surface area contributed by atoms with Gasteiger partial charge in [0, 0.05) is 17.6 Å². The summed E-state index contributed by atoms with van der Waals surface area (Å²) in [6, 6.07) is 9.01. The third-order valence-electron chi connectivity index (χ3n) is 6.03. The van der Waals surface area contributed by atoms with Crippen LogP contribution in [0.3, 0.4) is 0 Å². The Balaban J connectivity index is 1.24. The average Bonchev–Trinajstić information content (AvgIpc) is 3.62. The average molecular weight is 387 g/mol. The van der Waals surface area contributed by atoms with Crippen molar-refractivity contribution in [1.82, 2.24) is 14.3 Å². The largest absolute Gasteiger partial charge is 0.497 e. The first-order valence-corrected chi connectivity index (χ1v) is 10.6. The van der Waals surface area contributed by atoms with Crippen molar-refractivity contribution in [2.24, 2.45) is 0 Å². The maximum atomic E-state index is 5.80. The van der Waals surface area contributed by atoms with Crippen molar-refractivity contribution in [3.63, 3.8) is 0 Å². The Morgan fingerprint density at radius 2 is 1.81 bits per heavy atom. The molecule has 0 amide bonds. The van der Waals surface area contributed by atoms with Gasteiger partial charge in [0.15, 0.2) is 6.67 Å². The second-order valence-electron chi connectivity index (χ2n) is 8.11. The third kappa shape index (κ3) is 3.50. The van der Waals surface area contributed by atoms with Gasteiger partial charge in [0.05, 0.1) is 33.3 Å². The van der Waals surface area contributed by atoms with Gasteiger partial charge in [0.25, 0.3) is 0 Å². The van der Waals surface area contributed by atoms with Gasteiger partial charge in [-0.15, -0.1) is 0 Å². The normalized spacial score (nSPS) is 20.9. The Labute approximate surface area is 165 Å². The lowest BCUT2D eigenvalue weighted by Crippen LogP contribution is -3.14. The fourth-order valence-corrected chi connectivity index (χ4v) is 4.43. The van der Waals surface area contributed by atoms with Gasteiger partial charge in [-0.2, -0.15) is 9.78 Å². The summed E-state index contributed by atoms with van der Waals surface area (Å²) in [4.78, 5) is 4.03. The van der Waals surface area contributed by atoms with Crippen molar-refractivity contribution < 1.29 is 9.64 Å². The molecule has 2 saturated carbocycles. The number of anilines is 1. The summed E-state index contributed by atoms with van der Waals surface area (Å²) in [7, 11) is 1.71. The van der Waals surface area contributed by atoms with E-state index in [0.29, 0.717) is 12.0 Å². The van der Waals surface area contributed by atoms with E-state index in [1.165, 1.54) is 37.2 Å². The van der Waals surface area contributed by atoms with Crippen molar-refractivity contribution in [2.45, 2.75) is 44.3 Å². The Kier molecular flexibility index (Phi) is 4.44. The van der Waals surface area contributed by atoms with Gasteiger partial charge in [-0.25, -0.2) is 0 Å².